The number of H-pyrrole nitrogens is 1. The number of ether oxygens (including phenoxy) is 2. The van der Waals surface area contributed by atoms with Crippen LogP contribution in [0.25, 0.3) is 16.7 Å². The molecule has 0 saturated carbocycles. The Hall–Kier alpha value is -3.41. The highest BCUT2D eigenvalue weighted by Gasteiger charge is 2.35. The minimum atomic E-state index is -3.28. The largest absolute Gasteiger partial charge is 0.473 e. The van der Waals surface area contributed by atoms with E-state index in [-0.39, 0.29) is 25.1 Å². The quantitative estimate of drug-likeness (QED) is 0.413. The number of fused-ring (bicyclic) bond motifs is 4. The summed E-state index contributed by atoms with van der Waals surface area (Å²) < 4.78 is 36.7. The molecule has 4 rings (SSSR count). The molecule has 1 fully saturated rings. The molecule has 0 radical (unpaired) electrons. The number of rotatable bonds is 3. The summed E-state index contributed by atoms with van der Waals surface area (Å²) in [6, 6.07) is 6.09. The average Bonchev–Trinajstić information content (AvgIpc) is 3.22. The van der Waals surface area contributed by atoms with Crippen LogP contribution < -0.4 is 10.5 Å². The molecule has 2 bridgehead atoms. The van der Waals surface area contributed by atoms with Crippen LogP contribution in [0, 0.1) is 12.3 Å². The predicted molar refractivity (Wildman–Crippen MR) is 145 cm³/mol. The third-order valence-corrected chi connectivity index (χ3v) is 7.67. The molecule has 2 aromatic rings. The van der Waals surface area contributed by atoms with Gasteiger partial charge in [0.05, 0.1) is 36.7 Å². The average molecular weight is 527 g/mol. The Labute approximate surface area is 218 Å². The Morgan fingerprint density at radius 2 is 2.00 bits per heavy atom. The van der Waals surface area contributed by atoms with E-state index in [1.807, 2.05) is 50.1 Å². The number of benzene rings is 1. The van der Waals surface area contributed by atoms with E-state index >= 15 is 0 Å². The molecule has 3 heterocycles. The number of nitrogens with zero attached hydrogens (tertiary/aromatic N) is 3. The van der Waals surface area contributed by atoms with Gasteiger partial charge in [-0.15, -0.1) is 0 Å². The number of allylic oxidation sites excluding steroid dienone is 2. The van der Waals surface area contributed by atoms with Gasteiger partial charge in [0, 0.05) is 18.8 Å². The molecule has 37 heavy (non-hydrogen) atoms. The summed E-state index contributed by atoms with van der Waals surface area (Å²) >= 11 is 0. The zero-order valence-electron chi connectivity index (χ0n) is 21.6. The molecule has 4 N–H and O–H groups in total. The molecule has 1 atom stereocenters. The molecule has 1 aromatic carbocycles. The highest BCUT2D eigenvalue weighted by atomic mass is 32.2. The molecule has 11 heteroatoms. The topological polar surface area (TPSA) is 138 Å². The molecule has 1 aromatic heterocycles. The number of likely N-dealkylation sites (N-methyl/N-ethyl adjacent to an activating group) is 1. The van der Waals surface area contributed by atoms with E-state index in [9.17, 15) is 8.42 Å². The number of aryl methyl sites for hydroxylation is 1. The molecule has 10 nitrogen and oxygen atoms in total. The van der Waals surface area contributed by atoms with Crippen molar-refractivity contribution in [3.05, 3.63) is 65.5 Å². The zero-order chi connectivity index (χ0) is 26.9. The number of hydrogen-bond donors (Lipinski definition) is 3. The van der Waals surface area contributed by atoms with Gasteiger partial charge < -0.3 is 15.2 Å². The van der Waals surface area contributed by atoms with Crippen LogP contribution in [-0.4, -0.2) is 85.4 Å². The van der Waals surface area contributed by atoms with Crippen LogP contribution in [0.15, 0.2) is 54.4 Å². The van der Waals surface area contributed by atoms with Crippen LogP contribution in [0.3, 0.4) is 0 Å². The van der Waals surface area contributed by atoms with E-state index in [0.29, 0.717) is 30.2 Å². The fourth-order valence-electron chi connectivity index (χ4n) is 4.40. The minimum absolute atomic E-state index is 0.103. The normalized spacial score (nSPS) is 23.2. The van der Waals surface area contributed by atoms with E-state index in [0.717, 1.165) is 34.1 Å². The van der Waals surface area contributed by atoms with Crippen molar-refractivity contribution >= 4 is 21.5 Å². The molecule has 198 valence electrons. The molecular formula is C26H34N6O4S. The molecule has 0 spiro atoms. The lowest BCUT2D eigenvalue weighted by Gasteiger charge is -2.37. The van der Waals surface area contributed by atoms with Crippen LogP contribution in [0.4, 0.5) is 0 Å². The zero-order valence-corrected chi connectivity index (χ0v) is 22.4. The summed E-state index contributed by atoms with van der Waals surface area (Å²) in [5, 5.41) is 15.8. The summed E-state index contributed by atoms with van der Waals surface area (Å²) in [6.45, 7) is 9.59. The minimum Gasteiger partial charge on any atom is -0.473 e. The van der Waals surface area contributed by atoms with Crippen molar-refractivity contribution in [2.45, 2.75) is 26.1 Å². The van der Waals surface area contributed by atoms with Crippen molar-refractivity contribution < 1.29 is 17.9 Å². The first-order valence-electron chi connectivity index (χ1n) is 12.0. The number of hydrogen-bond acceptors (Lipinski definition) is 8. The summed E-state index contributed by atoms with van der Waals surface area (Å²) in [5.41, 5.74) is 11.9. The predicted octanol–water partition coefficient (Wildman–Crippen LogP) is 2.52. The van der Waals surface area contributed by atoms with Crippen molar-refractivity contribution in [1.82, 2.24) is 19.4 Å². The highest BCUT2D eigenvalue weighted by Crippen LogP contribution is 2.32. The number of aromatic amines is 1. The SMILES string of the molecule is C=C1/C=C/C(C(=N)OC2CN(S(C)(=O)=O)C2)=C(/N)CN(C)C[C@H](C)Oc2[nH]ncc2-c2ccc(C)c1c2. The Kier molecular flexibility index (Phi) is 7.58. The van der Waals surface area contributed by atoms with Crippen molar-refractivity contribution in [3.8, 4) is 17.0 Å². The summed E-state index contributed by atoms with van der Waals surface area (Å²) in [7, 11) is -1.35. The van der Waals surface area contributed by atoms with E-state index < -0.39 is 16.1 Å². The first kappa shape index (κ1) is 26.6. The van der Waals surface area contributed by atoms with Crippen molar-refractivity contribution in [1.29, 1.82) is 5.41 Å². The number of nitrogens with two attached hydrogens (primary N) is 1. The lowest BCUT2D eigenvalue weighted by Crippen LogP contribution is -2.54. The summed E-state index contributed by atoms with van der Waals surface area (Å²) in [5.74, 6) is 0.489. The Balaban J connectivity index is 1.66. The maximum atomic E-state index is 11.7. The Morgan fingerprint density at radius 3 is 2.70 bits per heavy atom. The third kappa shape index (κ3) is 6.12. The Bertz CT molecular complexity index is 1370. The van der Waals surface area contributed by atoms with Gasteiger partial charge in [0.1, 0.15) is 12.2 Å². The number of aromatic nitrogens is 2. The molecule has 0 aliphatic carbocycles. The van der Waals surface area contributed by atoms with Crippen LogP contribution in [0.1, 0.15) is 18.1 Å². The van der Waals surface area contributed by atoms with Crippen LogP contribution in [-0.2, 0) is 14.8 Å². The fraction of sp³-hybridized carbons (Fsp3) is 0.385. The Morgan fingerprint density at radius 1 is 1.27 bits per heavy atom. The lowest BCUT2D eigenvalue weighted by atomic mass is 9.96. The smallest absolute Gasteiger partial charge is 0.217 e. The van der Waals surface area contributed by atoms with Gasteiger partial charge in [-0.2, -0.15) is 9.40 Å². The number of sulfonamides is 1. The van der Waals surface area contributed by atoms with Crippen molar-refractivity contribution in [3.63, 3.8) is 0 Å². The van der Waals surface area contributed by atoms with Crippen LogP contribution in [0.5, 0.6) is 5.88 Å². The van der Waals surface area contributed by atoms with E-state index in [1.165, 1.54) is 4.31 Å². The van der Waals surface area contributed by atoms with Gasteiger partial charge >= 0.3 is 0 Å². The van der Waals surface area contributed by atoms with Gasteiger partial charge in [-0.05, 0) is 55.3 Å². The molecule has 0 amide bonds. The van der Waals surface area contributed by atoms with E-state index in [2.05, 4.69) is 16.8 Å². The van der Waals surface area contributed by atoms with Crippen LogP contribution >= 0.6 is 0 Å². The lowest BCUT2D eigenvalue weighted by molar-refractivity contribution is 0.0661. The van der Waals surface area contributed by atoms with Gasteiger partial charge in [0.2, 0.25) is 21.8 Å². The monoisotopic (exact) mass is 526 g/mol. The van der Waals surface area contributed by atoms with Gasteiger partial charge in [-0.3, -0.25) is 10.3 Å². The second-order valence-corrected chi connectivity index (χ2v) is 11.7. The maximum absolute atomic E-state index is 11.7. The summed E-state index contributed by atoms with van der Waals surface area (Å²) in [6.07, 6.45) is 5.91. The molecule has 0 unspecified atom stereocenters. The molecule has 2 aliphatic heterocycles. The molecule has 2 aliphatic rings. The van der Waals surface area contributed by atoms with Crippen molar-refractivity contribution in [2.75, 3.05) is 39.5 Å². The molecule has 1 saturated heterocycles. The second-order valence-electron chi connectivity index (χ2n) is 9.71. The second kappa shape index (κ2) is 10.5. The van der Waals surface area contributed by atoms with E-state index in [1.54, 1.807) is 12.3 Å². The number of nitrogens with one attached hydrogen (secondary N) is 2. The third-order valence-electron chi connectivity index (χ3n) is 6.44. The van der Waals surface area contributed by atoms with Gasteiger partial charge in [0.15, 0.2) is 0 Å². The first-order valence-corrected chi connectivity index (χ1v) is 13.8. The highest BCUT2D eigenvalue weighted by molar-refractivity contribution is 7.88. The van der Waals surface area contributed by atoms with Gasteiger partial charge in [0.25, 0.3) is 0 Å². The van der Waals surface area contributed by atoms with E-state index in [4.69, 9.17) is 20.6 Å². The fourth-order valence-corrected chi connectivity index (χ4v) is 5.28. The van der Waals surface area contributed by atoms with Crippen LogP contribution in [0.2, 0.25) is 0 Å². The summed E-state index contributed by atoms with van der Waals surface area (Å²) in [4.78, 5) is 2.00. The first-order chi connectivity index (χ1) is 17.4. The van der Waals surface area contributed by atoms with Gasteiger partial charge in [-0.1, -0.05) is 24.8 Å². The van der Waals surface area contributed by atoms with Gasteiger partial charge in [-0.25, -0.2) is 13.5 Å². The molecular weight excluding hydrogens is 492 g/mol. The van der Waals surface area contributed by atoms with Crippen molar-refractivity contribution in [2.24, 2.45) is 5.73 Å². The maximum Gasteiger partial charge on any atom is 0.217 e. The standard InChI is InChI=1S/C26H34N6O4S/c1-16-6-8-19-10-22(16)17(2)7-9-21(25(28)36-20-13-32(14-20)37(5,33)34)24(27)15-31(4)12-18(3)35-26-23(19)11-29-30-26/h6-11,18,20,28H,2,12-15,27H2,1,3-5H3,(H,29,30)/b9-7+,24-21-,28-25?/t18-/m0/s1.